The Morgan fingerprint density at radius 3 is 2.95 bits per heavy atom. The summed E-state index contributed by atoms with van der Waals surface area (Å²) in [5.74, 6) is 0.940. The Labute approximate surface area is 124 Å². The number of hydrogen-bond acceptors (Lipinski definition) is 7. The second-order valence-electron chi connectivity index (χ2n) is 4.32. The molecule has 0 aromatic carbocycles. The summed E-state index contributed by atoms with van der Waals surface area (Å²) in [7, 11) is -2.10. The highest BCUT2D eigenvalue weighted by molar-refractivity contribution is 7.89. The Bertz CT molecular complexity index is 877. The standard InChI is InChI=1S/C11H13N5O3S2/c1-7-5-8(15-19-7)6-13-21(17,18)10-9(12-2)14-11-16(10)3-4-20-11/h3-5,12-13H,6H2,1-2H3. The Morgan fingerprint density at radius 1 is 1.48 bits per heavy atom. The number of fused-ring (bicyclic) bond motifs is 1. The van der Waals surface area contributed by atoms with E-state index in [1.54, 1.807) is 31.6 Å². The maximum absolute atomic E-state index is 12.5. The number of thiazole rings is 1. The van der Waals surface area contributed by atoms with Crippen LogP contribution in [-0.2, 0) is 16.6 Å². The number of imidazole rings is 1. The molecule has 21 heavy (non-hydrogen) atoms. The molecule has 3 heterocycles. The minimum Gasteiger partial charge on any atom is -0.371 e. The lowest BCUT2D eigenvalue weighted by Gasteiger charge is -2.06. The van der Waals surface area contributed by atoms with E-state index >= 15 is 0 Å². The maximum atomic E-state index is 12.5. The summed E-state index contributed by atoms with van der Waals surface area (Å²) in [6, 6.07) is 1.68. The van der Waals surface area contributed by atoms with Gasteiger partial charge in [0.1, 0.15) is 5.76 Å². The molecule has 3 rings (SSSR count). The number of aryl methyl sites for hydroxylation is 1. The molecule has 8 nitrogen and oxygen atoms in total. The third kappa shape index (κ3) is 2.52. The van der Waals surface area contributed by atoms with Gasteiger partial charge in [-0.05, 0) is 6.92 Å². The van der Waals surface area contributed by atoms with E-state index < -0.39 is 10.0 Å². The number of hydrogen-bond donors (Lipinski definition) is 2. The minimum absolute atomic E-state index is 0.0558. The Hall–Kier alpha value is -1.91. The van der Waals surface area contributed by atoms with Gasteiger partial charge in [0.25, 0.3) is 10.0 Å². The van der Waals surface area contributed by atoms with Gasteiger partial charge in [0.05, 0.1) is 12.2 Å². The second-order valence-corrected chi connectivity index (χ2v) is 6.88. The fraction of sp³-hybridized carbons (Fsp3) is 0.273. The molecule has 0 atom stereocenters. The molecule has 2 N–H and O–H groups in total. The van der Waals surface area contributed by atoms with Gasteiger partial charge in [-0.3, -0.25) is 4.40 Å². The van der Waals surface area contributed by atoms with Crippen LogP contribution in [0.25, 0.3) is 4.96 Å². The predicted octanol–water partition coefficient (Wildman–Crippen LogP) is 1.21. The van der Waals surface area contributed by atoms with Gasteiger partial charge in [0, 0.05) is 24.7 Å². The molecule has 0 fully saturated rings. The largest absolute Gasteiger partial charge is 0.371 e. The maximum Gasteiger partial charge on any atom is 0.260 e. The van der Waals surface area contributed by atoms with Crippen LogP contribution in [0.4, 0.5) is 5.82 Å². The van der Waals surface area contributed by atoms with Crippen LogP contribution in [0, 0.1) is 6.92 Å². The van der Waals surface area contributed by atoms with Crippen molar-refractivity contribution in [2.45, 2.75) is 18.5 Å². The van der Waals surface area contributed by atoms with Crippen LogP contribution in [0.5, 0.6) is 0 Å². The second kappa shape index (κ2) is 5.13. The van der Waals surface area contributed by atoms with E-state index in [1.807, 2.05) is 0 Å². The van der Waals surface area contributed by atoms with Crippen LogP contribution in [0.3, 0.4) is 0 Å². The number of nitrogens with one attached hydrogen (secondary N) is 2. The molecule has 0 aliphatic carbocycles. The van der Waals surface area contributed by atoms with E-state index in [2.05, 4.69) is 20.2 Å². The molecule has 0 radical (unpaired) electrons. The molecule has 3 aromatic rings. The van der Waals surface area contributed by atoms with Crippen LogP contribution in [0.1, 0.15) is 11.5 Å². The van der Waals surface area contributed by atoms with Gasteiger partial charge in [-0.2, -0.15) is 0 Å². The predicted molar refractivity (Wildman–Crippen MR) is 77.9 cm³/mol. The molecule has 0 bridgehead atoms. The third-order valence-corrected chi connectivity index (χ3v) is 5.01. The van der Waals surface area contributed by atoms with E-state index in [0.29, 0.717) is 22.2 Å². The van der Waals surface area contributed by atoms with Gasteiger partial charge < -0.3 is 9.84 Å². The monoisotopic (exact) mass is 327 g/mol. The van der Waals surface area contributed by atoms with Gasteiger partial charge in [-0.15, -0.1) is 11.3 Å². The zero-order valence-corrected chi connectivity index (χ0v) is 13.0. The van der Waals surface area contributed by atoms with Crippen LogP contribution in [0.2, 0.25) is 0 Å². The highest BCUT2D eigenvalue weighted by atomic mass is 32.2. The number of rotatable bonds is 5. The SMILES string of the molecule is CNc1nc2sccn2c1S(=O)(=O)NCc1cc(C)on1. The van der Waals surface area contributed by atoms with Crippen LogP contribution < -0.4 is 10.0 Å². The molecule has 0 unspecified atom stereocenters. The molecular formula is C11H13N5O3S2. The third-order valence-electron chi connectivity index (χ3n) is 2.83. The smallest absolute Gasteiger partial charge is 0.260 e. The highest BCUT2D eigenvalue weighted by Crippen LogP contribution is 2.25. The van der Waals surface area contributed by atoms with E-state index in [-0.39, 0.29) is 11.6 Å². The van der Waals surface area contributed by atoms with E-state index in [1.165, 1.54) is 15.7 Å². The molecule has 0 saturated carbocycles. The fourth-order valence-corrected chi connectivity index (χ4v) is 3.98. The van der Waals surface area contributed by atoms with Crippen molar-refractivity contribution in [2.75, 3.05) is 12.4 Å². The quantitative estimate of drug-likeness (QED) is 0.730. The Morgan fingerprint density at radius 2 is 2.29 bits per heavy atom. The van der Waals surface area contributed by atoms with Crippen molar-refractivity contribution in [2.24, 2.45) is 0 Å². The van der Waals surface area contributed by atoms with Crippen LogP contribution in [0.15, 0.2) is 27.2 Å². The van der Waals surface area contributed by atoms with Gasteiger partial charge in [-0.1, -0.05) is 5.16 Å². The summed E-state index contributed by atoms with van der Waals surface area (Å²) >= 11 is 1.36. The summed E-state index contributed by atoms with van der Waals surface area (Å²) in [6.07, 6.45) is 1.67. The summed E-state index contributed by atoms with van der Waals surface area (Å²) in [4.78, 5) is 4.84. The molecule has 0 amide bonds. The number of sulfonamides is 1. The van der Waals surface area contributed by atoms with Crippen molar-refractivity contribution < 1.29 is 12.9 Å². The van der Waals surface area contributed by atoms with Crippen molar-refractivity contribution in [1.82, 2.24) is 19.3 Å². The zero-order chi connectivity index (χ0) is 15.0. The van der Waals surface area contributed by atoms with E-state index in [4.69, 9.17) is 4.52 Å². The zero-order valence-electron chi connectivity index (χ0n) is 11.3. The molecule has 3 aromatic heterocycles. The van der Waals surface area contributed by atoms with Crippen LogP contribution >= 0.6 is 11.3 Å². The summed E-state index contributed by atoms with van der Waals surface area (Å²) in [6.45, 7) is 1.80. The molecular weight excluding hydrogens is 314 g/mol. The lowest BCUT2D eigenvalue weighted by molar-refractivity contribution is 0.390. The Kier molecular flexibility index (Phi) is 3.43. The van der Waals surface area contributed by atoms with Crippen molar-refractivity contribution in [3.05, 3.63) is 29.1 Å². The molecule has 0 saturated heterocycles. The first kappa shape index (κ1) is 14.0. The van der Waals surface area contributed by atoms with E-state index in [0.717, 1.165) is 0 Å². The topological polar surface area (TPSA) is 102 Å². The van der Waals surface area contributed by atoms with Gasteiger partial charge in [0.2, 0.25) is 0 Å². The average Bonchev–Trinajstić information content (AvgIpc) is 3.10. The Balaban J connectivity index is 1.94. The fourth-order valence-electron chi connectivity index (χ4n) is 1.92. The number of nitrogens with zero attached hydrogens (tertiary/aromatic N) is 3. The molecule has 0 spiro atoms. The summed E-state index contributed by atoms with van der Waals surface area (Å²) < 4.78 is 33.9. The van der Waals surface area contributed by atoms with Crippen LogP contribution in [-0.4, -0.2) is 30.0 Å². The van der Waals surface area contributed by atoms with Crippen molar-refractivity contribution in [1.29, 1.82) is 0 Å². The lowest BCUT2D eigenvalue weighted by Crippen LogP contribution is -2.25. The normalized spacial score (nSPS) is 12.1. The average molecular weight is 327 g/mol. The highest BCUT2D eigenvalue weighted by Gasteiger charge is 2.25. The van der Waals surface area contributed by atoms with Gasteiger partial charge in [0.15, 0.2) is 15.8 Å². The van der Waals surface area contributed by atoms with E-state index in [9.17, 15) is 8.42 Å². The van der Waals surface area contributed by atoms with Gasteiger partial charge in [-0.25, -0.2) is 18.1 Å². The number of anilines is 1. The summed E-state index contributed by atoms with van der Waals surface area (Å²) in [5.41, 5.74) is 0.521. The van der Waals surface area contributed by atoms with Crippen molar-refractivity contribution in [3.63, 3.8) is 0 Å². The lowest BCUT2D eigenvalue weighted by atomic mass is 10.4. The van der Waals surface area contributed by atoms with Crippen molar-refractivity contribution >= 4 is 32.1 Å². The molecule has 112 valence electrons. The first-order chi connectivity index (χ1) is 10.0. The number of aromatic nitrogens is 3. The molecule has 0 aliphatic rings. The summed E-state index contributed by atoms with van der Waals surface area (Å²) in [5, 5.41) is 8.42. The molecule has 10 heteroatoms. The van der Waals surface area contributed by atoms with Crippen molar-refractivity contribution in [3.8, 4) is 0 Å². The molecule has 0 aliphatic heterocycles. The first-order valence-corrected chi connectivity index (χ1v) is 8.42. The first-order valence-electron chi connectivity index (χ1n) is 6.06. The van der Waals surface area contributed by atoms with Gasteiger partial charge >= 0.3 is 0 Å². The minimum atomic E-state index is -3.73.